The van der Waals surface area contributed by atoms with Crippen molar-refractivity contribution in [2.75, 3.05) is 20.1 Å². The molecule has 3 fully saturated rings. The van der Waals surface area contributed by atoms with Gasteiger partial charge in [0, 0.05) is 31.1 Å². The van der Waals surface area contributed by atoms with Crippen LogP contribution in [-0.4, -0.2) is 113 Å². The Morgan fingerprint density at radius 2 is 1.80 bits per heavy atom. The predicted molar refractivity (Wildman–Crippen MR) is 187 cm³/mol. The van der Waals surface area contributed by atoms with E-state index in [1.807, 2.05) is 30.3 Å². The van der Waals surface area contributed by atoms with Crippen LogP contribution in [0.5, 0.6) is 5.88 Å². The van der Waals surface area contributed by atoms with Crippen LogP contribution in [0.3, 0.4) is 0 Å². The normalized spacial score (nSPS) is 21.9. The highest BCUT2D eigenvalue weighted by Crippen LogP contribution is 2.39. The van der Waals surface area contributed by atoms with Crippen molar-refractivity contribution in [1.82, 2.24) is 29.7 Å². The topological polar surface area (TPSA) is 185 Å². The number of ether oxygens (including phenoxy) is 2. The molecule has 2 N–H and O–H groups in total. The van der Waals surface area contributed by atoms with Gasteiger partial charge in [-0.2, -0.15) is 0 Å². The van der Waals surface area contributed by atoms with Crippen LogP contribution >= 0.6 is 0 Å². The van der Waals surface area contributed by atoms with Crippen molar-refractivity contribution in [3.63, 3.8) is 0 Å². The van der Waals surface area contributed by atoms with Crippen LogP contribution in [0.2, 0.25) is 0 Å². The highest BCUT2D eigenvalue weighted by atomic mass is 32.2. The van der Waals surface area contributed by atoms with Gasteiger partial charge in [-0.3, -0.25) is 19.3 Å². The van der Waals surface area contributed by atoms with Crippen molar-refractivity contribution in [3.05, 3.63) is 61.8 Å². The predicted octanol–water partition coefficient (Wildman–Crippen LogP) is 2.73. The Morgan fingerprint density at radius 3 is 2.43 bits per heavy atom. The maximum Gasteiger partial charge on any atom is 0.408 e. The maximum absolute atomic E-state index is 14.5. The molecule has 2 aromatic rings. The number of nitrogens with one attached hydrogen (secondary N) is 2. The van der Waals surface area contributed by atoms with Crippen LogP contribution in [-0.2, 0) is 29.1 Å². The Hall–Kier alpha value is -4.99. The Balaban J connectivity index is 1.49. The number of imide groups is 1. The summed E-state index contributed by atoms with van der Waals surface area (Å²) in [4.78, 5) is 75.6. The molecule has 2 saturated carbocycles. The van der Waals surface area contributed by atoms with E-state index in [0.717, 1.165) is 16.4 Å². The molecule has 3 aliphatic rings. The first-order chi connectivity index (χ1) is 24.0. The Morgan fingerprint density at radius 1 is 1.10 bits per heavy atom. The van der Waals surface area contributed by atoms with E-state index in [-0.39, 0.29) is 31.3 Å². The second-order valence-electron chi connectivity index (χ2n) is 14.0. The third kappa shape index (κ3) is 8.85. The number of benzene rings is 1. The lowest BCUT2D eigenvalue weighted by atomic mass is 10.1. The Kier molecular flexibility index (Phi) is 10.7. The van der Waals surface area contributed by atoms with Crippen LogP contribution in [0.4, 0.5) is 9.59 Å². The molecule has 5 atom stereocenters. The summed E-state index contributed by atoms with van der Waals surface area (Å²) in [6, 6.07) is 4.65. The van der Waals surface area contributed by atoms with Crippen molar-refractivity contribution < 1.29 is 41.9 Å². The summed E-state index contributed by atoms with van der Waals surface area (Å²) in [6.07, 6.45) is 3.52. The van der Waals surface area contributed by atoms with E-state index in [2.05, 4.69) is 28.2 Å². The number of alkyl carbamates (subject to hydrolysis) is 1. The van der Waals surface area contributed by atoms with Gasteiger partial charge >= 0.3 is 12.1 Å². The number of sulfonamides is 1. The van der Waals surface area contributed by atoms with E-state index >= 15 is 0 Å². The zero-order valence-electron chi connectivity index (χ0n) is 29.1. The van der Waals surface area contributed by atoms with Crippen LogP contribution in [0.15, 0.2) is 61.8 Å². The third-order valence-corrected chi connectivity index (χ3v) is 10.6. The summed E-state index contributed by atoms with van der Waals surface area (Å²) in [6.45, 7) is 11.7. The molecule has 2 heterocycles. The number of likely N-dealkylation sites (tertiary alicyclic amines) is 1. The van der Waals surface area contributed by atoms with Gasteiger partial charge in [0.1, 0.15) is 23.8 Å². The number of likely N-dealkylation sites (N-methyl/N-ethyl adjacent to an activating group) is 1. The molecule has 15 nitrogen and oxygen atoms in total. The van der Waals surface area contributed by atoms with Gasteiger partial charge in [0.25, 0.3) is 5.91 Å². The first kappa shape index (κ1) is 37.3. The fourth-order valence-electron chi connectivity index (χ4n) is 6.02. The summed E-state index contributed by atoms with van der Waals surface area (Å²) < 4.78 is 39.3. The molecular weight excluding hydrogens is 680 g/mol. The highest BCUT2D eigenvalue weighted by Gasteiger charge is 2.52. The fourth-order valence-corrected chi connectivity index (χ4v) is 7.28. The molecule has 0 bridgehead atoms. The number of fused-ring (bicyclic) bond motifs is 1. The number of hydrogen-bond acceptors (Lipinski definition) is 10. The van der Waals surface area contributed by atoms with Gasteiger partial charge in [-0.15, -0.1) is 6.58 Å². The summed E-state index contributed by atoms with van der Waals surface area (Å²) in [7, 11) is -2.61. The average molecular weight is 725 g/mol. The lowest BCUT2D eigenvalue weighted by molar-refractivity contribution is -0.144. The minimum atomic E-state index is -4.03. The number of amides is 6. The molecule has 5 unspecified atom stereocenters. The molecule has 1 saturated heterocycles. The lowest BCUT2D eigenvalue weighted by Gasteiger charge is -2.33. The number of carbonyl (C=O) groups excluding carboxylic acids is 5. The van der Waals surface area contributed by atoms with E-state index < -0.39 is 74.9 Å². The molecule has 274 valence electrons. The number of pyridine rings is 1. The van der Waals surface area contributed by atoms with E-state index in [0.29, 0.717) is 24.6 Å². The van der Waals surface area contributed by atoms with E-state index in [1.54, 1.807) is 33.0 Å². The molecule has 0 radical (unpaired) electrons. The molecule has 2 aliphatic carbocycles. The number of rotatable bonds is 12. The van der Waals surface area contributed by atoms with Crippen molar-refractivity contribution >= 4 is 50.6 Å². The molecule has 51 heavy (non-hydrogen) atoms. The standard InChI is InChI=1S/C35H44N6O9S/c1-7-21-17-27(21)41(33(45)38-51(47,48)24-13-14-24)32(44)28-18-23(49-30-25-12-10-9-11-22(25)15-16-36-30)19-40(28)31(43)26(20-39(6)29(42)8-2)37-34(46)50-35(3,4)5/h7-12,15-16,21,23-24,26-28H,1-2,13-14,17-20H2,3-6H3,(H,37,46)(H,38,45). The van der Waals surface area contributed by atoms with Crippen molar-refractivity contribution in [2.24, 2.45) is 5.92 Å². The zero-order chi connectivity index (χ0) is 37.2. The minimum Gasteiger partial charge on any atom is -0.472 e. The smallest absolute Gasteiger partial charge is 0.408 e. The second kappa shape index (κ2) is 14.7. The highest BCUT2D eigenvalue weighted by molar-refractivity contribution is 7.90. The first-order valence-electron chi connectivity index (χ1n) is 16.7. The van der Waals surface area contributed by atoms with Crippen molar-refractivity contribution in [2.45, 2.75) is 81.5 Å². The third-order valence-electron chi connectivity index (χ3n) is 8.83. The second-order valence-corrected chi connectivity index (χ2v) is 16.0. The minimum absolute atomic E-state index is 0.0965. The van der Waals surface area contributed by atoms with Gasteiger partial charge in [0.05, 0.1) is 18.3 Å². The summed E-state index contributed by atoms with van der Waals surface area (Å²) in [5.41, 5.74) is -0.919. The van der Waals surface area contributed by atoms with Crippen LogP contribution < -0.4 is 14.8 Å². The summed E-state index contributed by atoms with van der Waals surface area (Å²) in [5, 5.41) is 3.35. The van der Waals surface area contributed by atoms with Crippen LogP contribution in [0.1, 0.15) is 46.5 Å². The molecule has 16 heteroatoms. The van der Waals surface area contributed by atoms with E-state index in [1.165, 1.54) is 16.8 Å². The summed E-state index contributed by atoms with van der Waals surface area (Å²) in [5.74, 6) is -2.13. The van der Waals surface area contributed by atoms with Gasteiger partial charge in [-0.05, 0) is 69.5 Å². The van der Waals surface area contributed by atoms with Crippen LogP contribution in [0.25, 0.3) is 10.8 Å². The SMILES string of the molecule is C=CC(=O)N(C)CC(NC(=O)OC(C)(C)C)C(=O)N1CC(Oc2nccc3ccccc23)CC1C(=O)N(C(=O)NS(=O)(=O)C1CC1)C1CC1C=C. The quantitative estimate of drug-likeness (QED) is 0.244. The van der Waals surface area contributed by atoms with Crippen molar-refractivity contribution in [3.8, 4) is 5.88 Å². The molecule has 5 rings (SSSR count). The van der Waals surface area contributed by atoms with Gasteiger partial charge in [-0.25, -0.2) is 27.7 Å². The molecule has 0 spiro atoms. The van der Waals surface area contributed by atoms with Gasteiger partial charge in [-0.1, -0.05) is 30.9 Å². The van der Waals surface area contributed by atoms with Crippen LogP contribution in [0, 0.1) is 5.92 Å². The van der Waals surface area contributed by atoms with E-state index in [9.17, 15) is 32.4 Å². The number of nitrogens with zero attached hydrogens (tertiary/aromatic N) is 4. The molecule has 1 aromatic heterocycles. The average Bonchev–Trinajstić information content (AvgIpc) is 4.00. The van der Waals surface area contributed by atoms with E-state index in [4.69, 9.17) is 9.47 Å². The number of hydrogen-bond donors (Lipinski definition) is 2. The molecule has 6 amide bonds. The lowest BCUT2D eigenvalue weighted by Crippen LogP contribution is -2.59. The first-order valence-corrected chi connectivity index (χ1v) is 18.3. The van der Waals surface area contributed by atoms with Gasteiger partial charge < -0.3 is 24.6 Å². The fraction of sp³-hybridized carbons (Fsp3) is 0.486. The van der Waals surface area contributed by atoms with Gasteiger partial charge in [0.15, 0.2) is 0 Å². The Bertz CT molecular complexity index is 1830. The Labute approximate surface area is 297 Å². The zero-order valence-corrected chi connectivity index (χ0v) is 29.9. The molecular formula is C35H44N6O9S. The molecule has 1 aliphatic heterocycles. The maximum atomic E-state index is 14.5. The summed E-state index contributed by atoms with van der Waals surface area (Å²) >= 11 is 0. The largest absolute Gasteiger partial charge is 0.472 e. The number of carbonyl (C=O) groups is 5. The molecule has 1 aromatic carbocycles. The number of urea groups is 1. The monoisotopic (exact) mass is 724 g/mol. The van der Waals surface area contributed by atoms with Crippen molar-refractivity contribution in [1.29, 1.82) is 0 Å². The van der Waals surface area contributed by atoms with Gasteiger partial charge in [0.2, 0.25) is 27.7 Å². The number of aromatic nitrogens is 1.